The summed E-state index contributed by atoms with van der Waals surface area (Å²) in [7, 11) is 0. The lowest BCUT2D eigenvalue weighted by Crippen LogP contribution is -2.32. The summed E-state index contributed by atoms with van der Waals surface area (Å²) in [5, 5.41) is 0. The zero-order chi connectivity index (χ0) is 31.8. The largest absolute Gasteiger partial charge is 0.463 e. The Bertz CT molecular complexity index is 572. The standard InChI is InChI=1S/C40H78O4/c1-4-6-8-10-12-14-16-18-20-22-24-26-28-30-32-34-40(43-37-39(44-40)36-42-38(3)41)35-33-31-29-27-25-23-21-19-17-15-13-11-9-7-5-2/h39H,4-37H2,1-3H3. The lowest BCUT2D eigenvalue weighted by Gasteiger charge is -2.28. The fourth-order valence-electron chi connectivity index (χ4n) is 6.83. The lowest BCUT2D eigenvalue weighted by atomic mass is 9.98. The van der Waals surface area contributed by atoms with E-state index in [9.17, 15) is 4.79 Å². The zero-order valence-electron chi connectivity index (χ0n) is 30.3. The van der Waals surface area contributed by atoms with Gasteiger partial charge in [-0.2, -0.15) is 0 Å². The van der Waals surface area contributed by atoms with Crippen LogP contribution in [-0.4, -0.2) is 31.1 Å². The number of rotatable bonds is 34. The third kappa shape index (κ3) is 25.6. The van der Waals surface area contributed by atoms with Crippen molar-refractivity contribution in [1.29, 1.82) is 0 Å². The van der Waals surface area contributed by atoms with Gasteiger partial charge in [0.2, 0.25) is 0 Å². The van der Waals surface area contributed by atoms with Gasteiger partial charge in [-0.1, -0.05) is 194 Å². The molecule has 1 fully saturated rings. The quantitative estimate of drug-likeness (QED) is 0.0529. The maximum absolute atomic E-state index is 11.3. The fourth-order valence-corrected chi connectivity index (χ4v) is 6.83. The molecular weight excluding hydrogens is 544 g/mol. The van der Waals surface area contributed by atoms with E-state index in [1.165, 1.54) is 187 Å². The van der Waals surface area contributed by atoms with Gasteiger partial charge in [0, 0.05) is 19.8 Å². The molecule has 4 nitrogen and oxygen atoms in total. The highest BCUT2D eigenvalue weighted by atomic mass is 16.8. The molecule has 0 aromatic heterocycles. The van der Waals surface area contributed by atoms with Crippen LogP contribution in [0.5, 0.6) is 0 Å². The van der Waals surface area contributed by atoms with Crippen LogP contribution in [0.2, 0.25) is 0 Å². The van der Waals surface area contributed by atoms with E-state index >= 15 is 0 Å². The first kappa shape index (κ1) is 41.4. The number of unbranched alkanes of at least 4 members (excludes halogenated alkanes) is 28. The lowest BCUT2D eigenvalue weighted by molar-refractivity contribution is -0.185. The molecule has 1 aliphatic heterocycles. The summed E-state index contributed by atoms with van der Waals surface area (Å²) in [6.07, 6.45) is 43.2. The predicted molar refractivity (Wildman–Crippen MR) is 189 cm³/mol. The molecule has 4 heteroatoms. The summed E-state index contributed by atoms with van der Waals surface area (Å²) in [6.45, 7) is 6.91. The van der Waals surface area contributed by atoms with Gasteiger partial charge in [-0.25, -0.2) is 0 Å². The third-order valence-corrected chi connectivity index (χ3v) is 9.71. The van der Waals surface area contributed by atoms with Crippen LogP contribution in [0, 0.1) is 0 Å². The summed E-state index contributed by atoms with van der Waals surface area (Å²) in [5.74, 6) is -0.700. The number of carbonyl (C=O) groups is 1. The minimum Gasteiger partial charge on any atom is -0.463 e. The maximum Gasteiger partial charge on any atom is 0.302 e. The number of carbonyl (C=O) groups excluding carboxylic acids is 1. The molecule has 0 aliphatic carbocycles. The van der Waals surface area contributed by atoms with Crippen molar-refractivity contribution in [2.45, 2.75) is 238 Å². The van der Waals surface area contributed by atoms with E-state index in [1.807, 2.05) is 0 Å². The molecule has 0 N–H and O–H groups in total. The second-order valence-electron chi connectivity index (χ2n) is 14.2. The van der Waals surface area contributed by atoms with Gasteiger partial charge >= 0.3 is 5.97 Å². The van der Waals surface area contributed by atoms with Gasteiger partial charge in [-0.05, 0) is 12.8 Å². The van der Waals surface area contributed by atoms with Crippen LogP contribution in [0.15, 0.2) is 0 Å². The smallest absolute Gasteiger partial charge is 0.302 e. The minimum atomic E-state index is -0.460. The molecule has 1 heterocycles. The van der Waals surface area contributed by atoms with Crippen molar-refractivity contribution in [3.05, 3.63) is 0 Å². The van der Waals surface area contributed by atoms with Crippen molar-refractivity contribution in [2.75, 3.05) is 13.2 Å². The van der Waals surface area contributed by atoms with Crippen LogP contribution in [0.1, 0.15) is 226 Å². The van der Waals surface area contributed by atoms with Gasteiger partial charge in [0.05, 0.1) is 6.61 Å². The molecule has 0 aromatic carbocycles. The van der Waals surface area contributed by atoms with E-state index in [4.69, 9.17) is 14.2 Å². The Morgan fingerprint density at radius 1 is 0.523 bits per heavy atom. The highest BCUT2D eigenvalue weighted by molar-refractivity contribution is 5.65. The zero-order valence-corrected chi connectivity index (χ0v) is 30.3. The maximum atomic E-state index is 11.3. The van der Waals surface area contributed by atoms with Crippen LogP contribution in [0.25, 0.3) is 0 Å². The molecule has 262 valence electrons. The van der Waals surface area contributed by atoms with Crippen LogP contribution >= 0.6 is 0 Å². The van der Waals surface area contributed by atoms with Crippen LogP contribution in [0.3, 0.4) is 0 Å². The Hall–Kier alpha value is -0.610. The molecule has 1 saturated heterocycles. The van der Waals surface area contributed by atoms with E-state index in [2.05, 4.69) is 13.8 Å². The fraction of sp³-hybridized carbons (Fsp3) is 0.975. The number of hydrogen-bond acceptors (Lipinski definition) is 4. The van der Waals surface area contributed by atoms with Crippen LogP contribution in [-0.2, 0) is 19.0 Å². The molecule has 1 rings (SSSR count). The molecule has 1 aliphatic rings. The van der Waals surface area contributed by atoms with E-state index < -0.39 is 5.79 Å². The van der Waals surface area contributed by atoms with Crippen molar-refractivity contribution >= 4 is 5.97 Å². The Labute approximate surface area is 275 Å². The van der Waals surface area contributed by atoms with Crippen molar-refractivity contribution in [1.82, 2.24) is 0 Å². The molecule has 1 unspecified atom stereocenters. The van der Waals surface area contributed by atoms with Gasteiger partial charge in [-0.3, -0.25) is 4.79 Å². The first-order chi connectivity index (χ1) is 21.6. The second-order valence-corrected chi connectivity index (χ2v) is 14.2. The normalized spacial score (nSPS) is 16.1. The molecule has 0 radical (unpaired) electrons. The highest BCUT2D eigenvalue weighted by Crippen LogP contribution is 2.35. The first-order valence-corrected chi connectivity index (χ1v) is 20.1. The van der Waals surface area contributed by atoms with Gasteiger partial charge in [0.25, 0.3) is 0 Å². The number of esters is 1. The Balaban J connectivity index is 2.10. The van der Waals surface area contributed by atoms with Gasteiger partial charge in [0.15, 0.2) is 5.79 Å². The Kier molecular flexibility index (Phi) is 29.2. The predicted octanol–water partition coefficient (Wildman–Crippen LogP) is 13.2. The molecular formula is C40H78O4. The van der Waals surface area contributed by atoms with E-state index in [1.54, 1.807) is 0 Å². The summed E-state index contributed by atoms with van der Waals surface area (Å²) in [4.78, 5) is 11.3. The summed E-state index contributed by atoms with van der Waals surface area (Å²) in [5.41, 5.74) is 0. The summed E-state index contributed by atoms with van der Waals surface area (Å²) >= 11 is 0. The average molecular weight is 623 g/mol. The van der Waals surface area contributed by atoms with Crippen molar-refractivity contribution in [3.63, 3.8) is 0 Å². The van der Waals surface area contributed by atoms with E-state index in [0.29, 0.717) is 13.2 Å². The van der Waals surface area contributed by atoms with Crippen LogP contribution in [0.4, 0.5) is 0 Å². The van der Waals surface area contributed by atoms with Gasteiger partial charge in [-0.15, -0.1) is 0 Å². The van der Waals surface area contributed by atoms with Gasteiger partial charge < -0.3 is 14.2 Å². The molecule has 0 spiro atoms. The highest BCUT2D eigenvalue weighted by Gasteiger charge is 2.40. The van der Waals surface area contributed by atoms with E-state index in [0.717, 1.165) is 25.7 Å². The SMILES string of the molecule is CCCCCCCCCCCCCCCCCC1(CCCCCCCCCCCCCCCCC)OCC(COC(C)=O)O1. The molecule has 0 bridgehead atoms. The summed E-state index contributed by atoms with van der Waals surface area (Å²) in [6, 6.07) is 0. The monoisotopic (exact) mass is 623 g/mol. The molecule has 0 amide bonds. The molecule has 0 saturated carbocycles. The van der Waals surface area contributed by atoms with Crippen LogP contribution < -0.4 is 0 Å². The first-order valence-electron chi connectivity index (χ1n) is 20.1. The van der Waals surface area contributed by atoms with Crippen molar-refractivity contribution in [2.24, 2.45) is 0 Å². The summed E-state index contributed by atoms with van der Waals surface area (Å²) < 4.78 is 18.0. The number of hydrogen-bond donors (Lipinski definition) is 0. The molecule has 44 heavy (non-hydrogen) atoms. The van der Waals surface area contributed by atoms with E-state index in [-0.39, 0.29) is 12.1 Å². The van der Waals surface area contributed by atoms with Gasteiger partial charge in [0.1, 0.15) is 12.7 Å². The van der Waals surface area contributed by atoms with Crippen molar-refractivity contribution < 1.29 is 19.0 Å². The Morgan fingerprint density at radius 2 is 0.818 bits per heavy atom. The second kappa shape index (κ2) is 31.0. The number of ether oxygens (including phenoxy) is 3. The molecule has 0 aromatic rings. The molecule has 1 atom stereocenters. The van der Waals surface area contributed by atoms with Crippen molar-refractivity contribution in [3.8, 4) is 0 Å². The average Bonchev–Trinajstić information content (AvgIpc) is 3.43. The Morgan fingerprint density at radius 3 is 1.11 bits per heavy atom. The topological polar surface area (TPSA) is 44.8 Å². The minimum absolute atomic E-state index is 0.119. The third-order valence-electron chi connectivity index (χ3n) is 9.71.